The van der Waals surface area contributed by atoms with Crippen LogP contribution < -0.4 is 16.0 Å². The van der Waals surface area contributed by atoms with Crippen LogP contribution in [-0.4, -0.2) is 27.8 Å². The van der Waals surface area contributed by atoms with Gasteiger partial charge in [-0.3, -0.25) is 0 Å². The summed E-state index contributed by atoms with van der Waals surface area (Å²) in [5, 5.41) is 6.23. The van der Waals surface area contributed by atoms with E-state index in [0.717, 1.165) is 62.9 Å². The number of hydrogen-bond acceptors (Lipinski definition) is 2. The maximum atomic E-state index is 5.43. The number of nitrogens with one attached hydrogen (secondary N) is 3. The fourth-order valence-corrected chi connectivity index (χ4v) is 7.88. The van der Waals surface area contributed by atoms with Gasteiger partial charge in [0.05, 0.1) is 11.4 Å². The Kier molecular flexibility index (Phi) is 7.21. The van der Waals surface area contributed by atoms with E-state index in [2.05, 4.69) is 173 Å². The highest BCUT2D eigenvalue weighted by Gasteiger charge is 2.36. The quantitative estimate of drug-likeness (QED) is 0.188. The summed E-state index contributed by atoms with van der Waals surface area (Å²) in [6.45, 7) is 0. The zero-order valence-corrected chi connectivity index (χ0v) is 26.6. The number of benzene rings is 4. The minimum Gasteiger partial charge on any atom is -0.358 e. The van der Waals surface area contributed by atoms with Crippen molar-refractivity contribution in [3.8, 4) is 0 Å². The first kappa shape index (κ1) is 28.5. The predicted molar refractivity (Wildman–Crippen MR) is 196 cm³/mol. The number of nitrogens with zero attached hydrogens (tertiary/aromatic N) is 1. The first-order valence-electron chi connectivity index (χ1n) is 16.9. The van der Waals surface area contributed by atoms with E-state index < -0.39 is 0 Å². The van der Waals surface area contributed by atoms with Crippen LogP contribution in [0.3, 0.4) is 0 Å². The summed E-state index contributed by atoms with van der Waals surface area (Å²) in [7, 11) is 0. The highest BCUT2D eigenvalue weighted by Crippen LogP contribution is 2.39. The summed E-state index contributed by atoms with van der Waals surface area (Å²) in [6, 6.07) is 52.5. The second kappa shape index (κ2) is 12.1. The van der Waals surface area contributed by atoms with Crippen LogP contribution >= 0.6 is 0 Å². The molecule has 8 bridgehead atoms. The molecule has 48 heavy (non-hydrogen) atoms. The molecule has 0 radical (unpaired) electrons. The first-order chi connectivity index (χ1) is 23.8. The van der Waals surface area contributed by atoms with Crippen molar-refractivity contribution >= 4 is 22.4 Å². The molecule has 1 fully saturated rings. The SMILES string of the molecule is C1=CC2=C(c3ccccc3)[C@H]3CC[C@H](N3)C(c3ccccc3)c3ccc([nH]3)C(c3ccccc3)=c3ccc([nH]3)=C(c3ccccc3)C1=N2. The van der Waals surface area contributed by atoms with E-state index in [0.29, 0.717) is 0 Å². The molecule has 4 nitrogen and oxygen atoms in total. The van der Waals surface area contributed by atoms with Crippen molar-refractivity contribution in [2.24, 2.45) is 4.99 Å². The van der Waals surface area contributed by atoms with Gasteiger partial charge in [0.15, 0.2) is 0 Å². The molecule has 3 aliphatic rings. The number of allylic oxidation sites excluding steroid dienone is 2. The number of aliphatic imine (C=N–C) groups is 1. The molecular weight excluding hydrogens is 585 g/mol. The molecule has 5 heterocycles. The van der Waals surface area contributed by atoms with Gasteiger partial charge in [0.2, 0.25) is 0 Å². The molecule has 0 spiro atoms. The van der Waals surface area contributed by atoms with Crippen LogP contribution in [-0.2, 0) is 0 Å². The third kappa shape index (κ3) is 5.11. The van der Waals surface area contributed by atoms with E-state index in [9.17, 15) is 0 Å². The molecule has 232 valence electrons. The third-order valence-corrected chi connectivity index (χ3v) is 10.0. The lowest BCUT2D eigenvalue weighted by atomic mass is 9.88. The van der Waals surface area contributed by atoms with Crippen LogP contribution in [0, 0.1) is 0 Å². The lowest BCUT2D eigenvalue weighted by molar-refractivity contribution is 0.520. The second-order valence-corrected chi connectivity index (χ2v) is 12.9. The molecular formula is C44H36N4. The monoisotopic (exact) mass is 620 g/mol. The molecule has 3 atom stereocenters. The van der Waals surface area contributed by atoms with E-state index >= 15 is 0 Å². The molecule has 3 N–H and O–H groups in total. The van der Waals surface area contributed by atoms with Crippen molar-refractivity contribution in [3.05, 3.63) is 208 Å². The van der Waals surface area contributed by atoms with Crippen molar-refractivity contribution in [1.82, 2.24) is 15.3 Å². The lowest BCUT2D eigenvalue weighted by Gasteiger charge is -2.26. The second-order valence-electron chi connectivity index (χ2n) is 12.9. The summed E-state index contributed by atoms with van der Waals surface area (Å²) in [5.74, 6) is 0.160. The molecule has 0 amide bonds. The van der Waals surface area contributed by atoms with E-state index in [-0.39, 0.29) is 18.0 Å². The number of aromatic nitrogens is 2. The van der Waals surface area contributed by atoms with Gasteiger partial charge in [0, 0.05) is 56.8 Å². The molecule has 0 aliphatic carbocycles. The average Bonchev–Trinajstić information content (AvgIpc) is 3.98. The van der Waals surface area contributed by atoms with Gasteiger partial charge in [-0.2, -0.15) is 0 Å². The number of H-pyrrole nitrogens is 2. The van der Waals surface area contributed by atoms with Crippen molar-refractivity contribution in [2.75, 3.05) is 0 Å². The molecule has 9 rings (SSSR count). The molecule has 4 heteroatoms. The summed E-state index contributed by atoms with van der Waals surface area (Å²) in [5.41, 5.74) is 12.6. The van der Waals surface area contributed by atoms with Gasteiger partial charge in [-0.1, -0.05) is 121 Å². The van der Waals surface area contributed by atoms with E-state index in [4.69, 9.17) is 4.99 Å². The molecule has 1 saturated heterocycles. The molecule has 0 saturated carbocycles. The molecule has 2 aromatic heterocycles. The van der Waals surface area contributed by atoms with Crippen LogP contribution in [0.25, 0.3) is 16.7 Å². The van der Waals surface area contributed by atoms with E-state index in [1.807, 2.05) is 0 Å². The highest BCUT2D eigenvalue weighted by atomic mass is 15.0. The minimum absolute atomic E-state index is 0.160. The Labute approximate surface area is 280 Å². The average molecular weight is 621 g/mol. The Hall–Kier alpha value is -5.71. The van der Waals surface area contributed by atoms with Crippen molar-refractivity contribution in [3.63, 3.8) is 0 Å². The number of aromatic amines is 2. The summed E-state index contributed by atoms with van der Waals surface area (Å²) < 4.78 is 0. The highest BCUT2D eigenvalue weighted by molar-refractivity contribution is 6.30. The summed E-state index contributed by atoms with van der Waals surface area (Å²) in [6.07, 6.45) is 6.49. The van der Waals surface area contributed by atoms with Gasteiger partial charge < -0.3 is 15.3 Å². The largest absolute Gasteiger partial charge is 0.358 e. The van der Waals surface area contributed by atoms with Crippen LogP contribution in [0.1, 0.15) is 52.4 Å². The maximum absolute atomic E-state index is 5.43. The Balaban J connectivity index is 1.36. The van der Waals surface area contributed by atoms with Crippen molar-refractivity contribution in [2.45, 2.75) is 30.8 Å². The van der Waals surface area contributed by atoms with Crippen LogP contribution in [0.15, 0.2) is 168 Å². The van der Waals surface area contributed by atoms with Gasteiger partial charge in [0.25, 0.3) is 0 Å². The maximum Gasteiger partial charge on any atom is 0.0737 e. The Bertz CT molecular complexity index is 2310. The van der Waals surface area contributed by atoms with Gasteiger partial charge in [-0.15, -0.1) is 0 Å². The molecule has 1 unspecified atom stereocenters. The third-order valence-electron chi connectivity index (χ3n) is 10.0. The van der Waals surface area contributed by atoms with Crippen molar-refractivity contribution in [1.29, 1.82) is 0 Å². The first-order valence-corrected chi connectivity index (χ1v) is 16.9. The van der Waals surface area contributed by atoms with E-state index in [1.54, 1.807) is 0 Å². The number of hydrogen-bond donors (Lipinski definition) is 3. The van der Waals surface area contributed by atoms with Gasteiger partial charge in [-0.05, 0) is 71.5 Å². The summed E-state index contributed by atoms with van der Waals surface area (Å²) in [4.78, 5) is 13.2. The molecule has 3 aliphatic heterocycles. The van der Waals surface area contributed by atoms with Crippen molar-refractivity contribution < 1.29 is 0 Å². The zero-order chi connectivity index (χ0) is 31.9. The van der Waals surface area contributed by atoms with E-state index in [1.165, 1.54) is 22.4 Å². The zero-order valence-electron chi connectivity index (χ0n) is 26.6. The Morgan fingerprint density at radius 1 is 0.521 bits per heavy atom. The summed E-state index contributed by atoms with van der Waals surface area (Å²) >= 11 is 0. The molecule has 6 aromatic rings. The molecule has 4 aromatic carbocycles. The number of fused-ring (bicyclic) bond motifs is 7. The standard InChI is InChI=1S/C44H36N4/c1-5-13-29(14-6-1)41-33-21-23-35(45-33)42(30-15-7-2-8-16-30)37-25-27-39(47-37)44(32-19-11-4-12-20-32)40-28-26-38(48-40)43(31-17-9-3-10-18-31)36-24-22-34(41)46-36/h1-25,27,38,40,43,45-46,48H,26,28H2/t38-,40+,43?/m0/s1. The lowest BCUT2D eigenvalue weighted by Crippen LogP contribution is -2.35. The van der Waals surface area contributed by atoms with Gasteiger partial charge in [-0.25, -0.2) is 4.99 Å². The van der Waals surface area contributed by atoms with Gasteiger partial charge in [0.1, 0.15) is 0 Å². The van der Waals surface area contributed by atoms with Crippen LogP contribution in [0.5, 0.6) is 0 Å². The fourth-order valence-electron chi connectivity index (χ4n) is 7.88. The predicted octanol–water partition coefficient (Wildman–Crippen LogP) is 7.48. The fraction of sp³-hybridized carbons (Fsp3) is 0.114. The number of rotatable bonds is 4. The van der Waals surface area contributed by atoms with Gasteiger partial charge >= 0.3 is 0 Å². The van der Waals surface area contributed by atoms with Crippen LogP contribution in [0.2, 0.25) is 0 Å². The normalized spacial score (nSPS) is 20.3. The smallest absolute Gasteiger partial charge is 0.0737 e. The van der Waals surface area contributed by atoms with Crippen LogP contribution in [0.4, 0.5) is 0 Å². The topological polar surface area (TPSA) is 56.0 Å². The Morgan fingerprint density at radius 2 is 1.12 bits per heavy atom. The minimum atomic E-state index is 0.160. The Morgan fingerprint density at radius 3 is 1.81 bits per heavy atom.